The minimum Gasteiger partial charge on any atom is -0.418 e. The Kier molecular flexibility index (Phi) is 5.35. The van der Waals surface area contributed by atoms with Crippen LogP contribution in [0.2, 0.25) is 0 Å². The number of hydrogen-bond donors (Lipinski definition) is 0. The van der Waals surface area contributed by atoms with Crippen molar-refractivity contribution in [2.75, 3.05) is 0 Å². The Labute approximate surface area is 186 Å². The molecule has 5 nitrogen and oxygen atoms in total. The molecule has 0 aliphatic heterocycles. The quantitative estimate of drug-likeness (QED) is 0.294. The van der Waals surface area contributed by atoms with Crippen molar-refractivity contribution in [1.29, 1.82) is 0 Å². The van der Waals surface area contributed by atoms with E-state index in [9.17, 15) is 4.79 Å². The Morgan fingerprint density at radius 2 is 1.29 bits per heavy atom. The maximum absolute atomic E-state index is 10.6. The summed E-state index contributed by atoms with van der Waals surface area (Å²) in [6.07, 6.45) is 3.53. The van der Waals surface area contributed by atoms with Crippen LogP contribution in [0, 0.1) is 0 Å². The minimum atomic E-state index is 0.449. The summed E-state index contributed by atoms with van der Waals surface area (Å²) in [6.45, 7) is 0.449. The topological polar surface area (TPSA) is 65.0 Å². The van der Waals surface area contributed by atoms with Crippen LogP contribution in [0.25, 0.3) is 43.0 Å². The van der Waals surface area contributed by atoms with E-state index < -0.39 is 0 Å². The highest BCUT2D eigenvalue weighted by Gasteiger charge is 2.13. The third kappa shape index (κ3) is 4.14. The lowest BCUT2D eigenvalue weighted by Crippen LogP contribution is -1.93. The van der Waals surface area contributed by atoms with Crippen LogP contribution in [0.5, 0.6) is 5.06 Å². The molecule has 5 aromatic heterocycles. The van der Waals surface area contributed by atoms with Gasteiger partial charge in [0, 0.05) is 27.0 Å². The van der Waals surface area contributed by atoms with Gasteiger partial charge in [0.2, 0.25) is 0 Å². The summed E-state index contributed by atoms with van der Waals surface area (Å²) >= 11 is 3.12. The molecule has 0 radical (unpaired) electrons. The van der Waals surface area contributed by atoms with Crippen molar-refractivity contribution in [1.82, 2.24) is 15.0 Å². The van der Waals surface area contributed by atoms with Crippen molar-refractivity contribution in [2.24, 2.45) is 0 Å². The predicted octanol–water partition coefficient (Wildman–Crippen LogP) is 6.20. The number of pyridine rings is 3. The molecule has 0 aromatic carbocycles. The van der Waals surface area contributed by atoms with Gasteiger partial charge in [-0.1, -0.05) is 23.5 Å². The van der Waals surface area contributed by atoms with E-state index >= 15 is 0 Å². The number of rotatable bonds is 6. The monoisotopic (exact) mass is 441 g/mol. The van der Waals surface area contributed by atoms with Gasteiger partial charge in [-0.15, -0.1) is 11.3 Å². The first-order valence-corrected chi connectivity index (χ1v) is 11.1. The lowest BCUT2D eigenvalue weighted by Gasteiger charge is -2.08. The van der Waals surface area contributed by atoms with Crippen LogP contribution >= 0.6 is 22.7 Å². The maximum Gasteiger partial charge on any atom is 0.299 e. The highest BCUT2D eigenvalue weighted by molar-refractivity contribution is 7.24. The van der Waals surface area contributed by atoms with E-state index in [0.29, 0.717) is 11.5 Å². The third-order valence-corrected chi connectivity index (χ3v) is 6.87. The van der Waals surface area contributed by atoms with Gasteiger partial charge in [-0.05, 0) is 66.2 Å². The molecule has 7 heteroatoms. The molecule has 0 saturated heterocycles. The molecule has 5 heterocycles. The van der Waals surface area contributed by atoms with Gasteiger partial charge >= 0.3 is 0 Å². The van der Waals surface area contributed by atoms with Gasteiger partial charge in [-0.3, -0.25) is 14.8 Å². The van der Waals surface area contributed by atoms with Crippen molar-refractivity contribution in [3.63, 3.8) is 0 Å². The summed E-state index contributed by atoms with van der Waals surface area (Å²) in [6, 6.07) is 23.7. The average Bonchev–Trinajstić information content (AvgIpc) is 3.50. The first kappa shape index (κ1) is 19.3. The first-order chi connectivity index (χ1) is 15.3. The van der Waals surface area contributed by atoms with E-state index in [2.05, 4.69) is 34.2 Å². The van der Waals surface area contributed by atoms with Crippen molar-refractivity contribution in [2.45, 2.75) is 0 Å². The van der Waals surface area contributed by atoms with Crippen LogP contribution in [0.15, 0.2) is 85.2 Å². The fraction of sp³-hybridized carbons (Fsp3) is 0. The van der Waals surface area contributed by atoms with Gasteiger partial charge in [-0.2, -0.15) is 0 Å². The van der Waals surface area contributed by atoms with Crippen LogP contribution in [-0.4, -0.2) is 21.4 Å². The molecule has 31 heavy (non-hydrogen) atoms. The summed E-state index contributed by atoms with van der Waals surface area (Å²) < 4.78 is 4.95. The van der Waals surface area contributed by atoms with Gasteiger partial charge in [0.25, 0.3) is 6.47 Å². The summed E-state index contributed by atoms with van der Waals surface area (Å²) in [4.78, 5) is 27.6. The molecule has 0 unspecified atom stereocenters. The van der Waals surface area contributed by atoms with Crippen LogP contribution < -0.4 is 4.74 Å². The van der Waals surface area contributed by atoms with Crippen LogP contribution in [0.3, 0.4) is 0 Å². The zero-order chi connectivity index (χ0) is 21.0. The van der Waals surface area contributed by atoms with Crippen molar-refractivity contribution in [3.8, 4) is 48.0 Å². The lowest BCUT2D eigenvalue weighted by atomic mass is 10.1. The lowest BCUT2D eigenvalue weighted by molar-refractivity contribution is -0.120. The van der Waals surface area contributed by atoms with E-state index in [1.165, 1.54) is 11.3 Å². The number of ether oxygens (including phenoxy) is 1. The molecule has 0 aliphatic carbocycles. The molecule has 0 saturated carbocycles. The molecular weight excluding hydrogens is 426 g/mol. The van der Waals surface area contributed by atoms with Gasteiger partial charge < -0.3 is 4.74 Å². The van der Waals surface area contributed by atoms with Crippen LogP contribution in [-0.2, 0) is 4.79 Å². The molecule has 5 aromatic rings. The van der Waals surface area contributed by atoms with Crippen molar-refractivity contribution in [3.05, 3.63) is 85.2 Å². The Morgan fingerprint density at radius 3 is 1.90 bits per heavy atom. The van der Waals surface area contributed by atoms with E-state index in [4.69, 9.17) is 9.72 Å². The molecule has 0 N–H and O–H groups in total. The molecule has 150 valence electrons. The minimum absolute atomic E-state index is 0.449. The zero-order valence-corrected chi connectivity index (χ0v) is 17.8. The van der Waals surface area contributed by atoms with Crippen LogP contribution in [0.4, 0.5) is 0 Å². The number of aromatic nitrogens is 3. The SMILES string of the molecule is O=COc1ccc(-c2ccc(-c3cc(-c4ccccn4)nc(-c4ccccn4)c3)s2)s1. The largest absolute Gasteiger partial charge is 0.418 e. The number of carbonyl (C=O) groups excluding carboxylic acids is 1. The smallest absolute Gasteiger partial charge is 0.299 e. The van der Waals surface area contributed by atoms with E-state index in [0.717, 1.165) is 43.0 Å². The third-order valence-electron chi connectivity index (χ3n) is 4.56. The second-order valence-electron chi connectivity index (χ2n) is 6.55. The Balaban J connectivity index is 1.58. The Morgan fingerprint density at radius 1 is 0.677 bits per heavy atom. The van der Waals surface area contributed by atoms with E-state index in [1.807, 2.05) is 42.5 Å². The Hall–Kier alpha value is -3.68. The average molecular weight is 442 g/mol. The number of nitrogens with zero attached hydrogens (tertiary/aromatic N) is 3. The molecule has 5 rings (SSSR count). The van der Waals surface area contributed by atoms with E-state index in [1.54, 1.807) is 29.8 Å². The molecule has 0 aliphatic rings. The van der Waals surface area contributed by atoms with Crippen molar-refractivity contribution >= 4 is 29.1 Å². The fourth-order valence-electron chi connectivity index (χ4n) is 3.15. The normalized spacial score (nSPS) is 10.7. The molecule has 0 atom stereocenters. The number of hydrogen-bond acceptors (Lipinski definition) is 7. The highest BCUT2D eigenvalue weighted by Crippen LogP contribution is 2.40. The zero-order valence-electron chi connectivity index (χ0n) is 16.1. The highest BCUT2D eigenvalue weighted by atomic mass is 32.1. The summed E-state index contributed by atoms with van der Waals surface area (Å²) in [7, 11) is 0. The Bertz CT molecular complexity index is 1270. The standard InChI is InChI=1S/C24H15N3O2S2/c28-15-29-24-10-9-23(31-24)22-8-7-21(30-22)16-13-19(17-5-1-3-11-25-17)27-20(14-16)18-6-2-4-12-26-18/h1-15H. The summed E-state index contributed by atoms with van der Waals surface area (Å²) in [5, 5.41) is 0.582. The molecule has 0 amide bonds. The maximum atomic E-state index is 10.6. The summed E-state index contributed by atoms with van der Waals surface area (Å²) in [5.41, 5.74) is 4.27. The first-order valence-electron chi connectivity index (χ1n) is 9.46. The second kappa shape index (κ2) is 8.59. The molecule has 0 spiro atoms. The van der Waals surface area contributed by atoms with Gasteiger partial charge in [0.15, 0.2) is 5.06 Å². The second-order valence-corrected chi connectivity index (χ2v) is 8.68. The molecule has 0 fully saturated rings. The van der Waals surface area contributed by atoms with Crippen LogP contribution in [0.1, 0.15) is 0 Å². The van der Waals surface area contributed by atoms with E-state index in [-0.39, 0.29) is 0 Å². The van der Waals surface area contributed by atoms with Crippen molar-refractivity contribution < 1.29 is 9.53 Å². The fourth-order valence-corrected chi connectivity index (χ4v) is 5.06. The molecule has 0 bridgehead atoms. The summed E-state index contributed by atoms with van der Waals surface area (Å²) in [5.74, 6) is 0. The predicted molar refractivity (Wildman–Crippen MR) is 124 cm³/mol. The van der Waals surface area contributed by atoms with Gasteiger partial charge in [0.05, 0.1) is 22.8 Å². The number of carbonyl (C=O) groups is 1. The number of thiophene rings is 2. The molecular formula is C24H15N3O2S2. The van der Waals surface area contributed by atoms with Gasteiger partial charge in [-0.25, -0.2) is 4.98 Å². The van der Waals surface area contributed by atoms with Gasteiger partial charge in [0.1, 0.15) is 0 Å².